The van der Waals surface area contributed by atoms with Crippen molar-refractivity contribution in [1.29, 1.82) is 0 Å². The van der Waals surface area contributed by atoms with E-state index < -0.39 is 6.04 Å². The highest BCUT2D eigenvalue weighted by Gasteiger charge is 2.26. The Morgan fingerprint density at radius 1 is 1.40 bits per heavy atom. The number of carbonyl (C=O) groups excluding carboxylic acids is 1. The fourth-order valence-corrected chi connectivity index (χ4v) is 1.64. The molecule has 20 heavy (non-hydrogen) atoms. The SMILES string of the molecule is CC(C)Oc1ncnc(NC(C)C(=O)NC2CC2)c1N. The van der Waals surface area contributed by atoms with Crippen LogP contribution in [-0.4, -0.2) is 34.1 Å². The first-order valence-electron chi connectivity index (χ1n) is 6.81. The first-order valence-corrected chi connectivity index (χ1v) is 6.81. The molecule has 2 rings (SSSR count). The van der Waals surface area contributed by atoms with Gasteiger partial charge in [-0.05, 0) is 33.6 Å². The smallest absolute Gasteiger partial charge is 0.242 e. The average Bonchev–Trinajstić information content (AvgIpc) is 3.17. The zero-order valence-corrected chi connectivity index (χ0v) is 12.0. The summed E-state index contributed by atoms with van der Waals surface area (Å²) in [5, 5.41) is 5.91. The van der Waals surface area contributed by atoms with Crippen molar-refractivity contribution in [2.75, 3.05) is 11.1 Å². The minimum absolute atomic E-state index is 0.0318. The van der Waals surface area contributed by atoms with Crippen LogP contribution in [0, 0.1) is 0 Å². The number of anilines is 2. The summed E-state index contributed by atoms with van der Waals surface area (Å²) in [4.78, 5) is 19.9. The molecule has 1 aliphatic carbocycles. The Morgan fingerprint density at radius 2 is 2.10 bits per heavy atom. The highest BCUT2D eigenvalue weighted by atomic mass is 16.5. The summed E-state index contributed by atoms with van der Waals surface area (Å²) in [6.45, 7) is 5.54. The van der Waals surface area contributed by atoms with E-state index in [0.29, 0.717) is 23.4 Å². The first-order chi connectivity index (χ1) is 9.47. The van der Waals surface area contributed by atoms with E-state index in [1.54, 1.807) is 6.92 Å². The molecule has 1 heterocycles. The molecule has 0 bridgehead atoms. The van der Waals surface area contributed by atoms with Gasteiger partial charge in [-0.2, -0.15) is 4.98 Å². The second kappa shape index (κ2) is 5.94. The number of nitrogens with zero attached hydrogens (tertiary/aromatic N) is 2. The second-order valence-electron chi connectivity index (χ2n) is 5.26. The van der Waals surface area contributed by atoms with Gasteiger partial charge in [0.1, 0.15) is 18.1 Å². The van der Waals surface area contributed by atoms with Crippen molar-refractivity contribution in [3.05, 3.63) is 6.33 Å². The fourth-order valence-electron chi connectivity index (χ4n) is 1.64. The summed E-state index contributed by atoms with van der Waals surface area (Å²) >= 11 is 0. The lowest BCUT2D eigenvalue weighted by Crippen LogP contribution is -2.39. The van der Waals surface area contributed by atoms with E-state index in [0.717, 1.165) is 12.8 Å². The molecule has 1 saturated carbocycles. The number of hydrogen-bond donors (Lipinski definition) is 3. The van der Waals surface area contributed by atoms with Crippen LogP contribution in [0.15, 0.2) is 6.33 Å². The summed E-state index contributed by atoms with van der Waals surface area (Å²) in [6, 6.07) is -0.0889. The van der Waals surface area contributed by atoms with Crippen LogP contribution < -0.4 is 21.1 Å². The summed E-state index contributed by atoms with van der Waals surface area (Å²) < 4.78 is 5.49. The van der Waals surface area contributed by atoms with Gasteiger partial charge in [0.2, 0.25) is 11.8 Å². The number of hydrogen-bond acceptors (Lipinski definition) is 6. The molecule has 1 aromatic rings. The Kier molecular flexibility index (Phi) is 4.26. The van der Waals surface area contributed by atoms with Crippen LogP contribution in [-0.2, 0) is 4.79 Å². The van der Waals surface area contributed by atoms with Gasteiger partial charge in [0, 0.05) is 6.04 Å². The lowest BCUT2D eigenvalue weighted by Gasteiger charge is -2.17. The maximum atomic E-state index is 11.9. The highest BCUT2D eigenvalue weighted by molar-refractivity contribution is 5.85. The number of rotatable bonds is 6. The van der Waals surface area contributed by atoms with Gasteiger partial charge in [-0.3, -0.25) is 4.79 Å². The molecule has 0 saturated heterocycles. The average molecular weight is 279 g/mol. The van der Waals surface area contributed by atoms with Gasteiger partial charge in [0.25, 0.3) is 0 Å². The van der Waals surface area contributed by atoms with Crippen molar-refractivity contribution in [3.8, 4) is 5.88 Å². The van der Waals surface area contributed by atoms with E-state index in [-0.39, 0.29) is 12.0 Å². The Bertz CT molecular complexity index is 488. The molecule has 7 heteroatoms. The van der Waals surface area contributed by atoms with Crippen LogP contribution >= 0.6 is 0 Å². The standard InChI is InChI=1S/C13H21N5O2/c1-7(2)20-13-10(14)11(15-6-16-13)17-8(3)12(19)18-9-4-5-9/h6-9H,4-5,14H2,1-3H3,(H,18,19)(H,15,16,17). The van der Waals surface area contributed by atoms with Crippen LogP contribution in [0.3, 0.4) is 0 Å². The minimum atomic E-state index is -0.417. The minimum Gasteiger partial charge on any atom is -0.473 e. The monoisotopic (exact) mass is 279 g/mol. The van der Waals surface area contributed by atoms with Gasteiger partial charge in [-0.25, -0.2) is 4.98 Å². The molecule has 0 aliphatic heterocycles. The molecule has 1 amide bonds. The van der Waals surface area contributed by atoms with E-state index >= 15 is 0 Å². The van der Waals surface area contributed by atoms with Crippen molar-refractivity contribution in [2.24, 2.45) is 0 Å². The second-order valence-corrected chi connectivity index (χ2v) is 5.26. The number of aromatic nitrogens is 2. The molecule has 110 valence electrons. The van der Waals surface area contributed by atoms with E-state index in [1.807, 2.05) is 13.8 Å². The van der Waals surface area contributed by atoms with Crippen molar-refractivity contribution in [3.63, 3.8) is 0 Å². The predicted octanol–water partition coefficient (Wildman–Crippen LogP) is 0.925. The van der Waals surface area contributed by atoms with Crippen LogP contribution in [0.1, 0.15) is 33.6 Å². The molecule has 1 fully saturated rings. The molecule has 0 aromatic carbocycles. The van der Waals surface area contributed by atoms with Crippen molar-refractivity contribution in [2.45, 2.75) is 51.8 Å². The van der Waals surface area contributed by atoms with Crippen molar-refractivity contribution in [1.82, 2.24) is 15.3 Å². The molecular formula is C13H21N5O2. The zero-order valence-electron chi connectivity index (χ0n) is 12.0. The maximum absolute atomic E-state index is 11.9. The molecule has 1 aromatic heterocycles. The van der Waals surface area contributed by atoms with Gasteiger partial charge in [0.15, 0.2) is 5.82 Å². The number of nitrogens with one attached hydrogen (secondary N) is 2. The lowest BCUT2D eigenvalue weighted by atomic mass is 10.3. The Morgan fingerprint density at radius 3 is 2.70 bits per heavy atom. The Hall–Kier alpha value is -2.05. The molecule has 0 spiro atoms. The predicted molar refractivity (Wildman–Crippen MR) is 76.5 cm³/mol. The number of nitrogen functional groups attached to an aromatic ring is 1. The number of ether oxygens (including phenoxy) is 1. The number of nitrogens with two attached hydrogens (primary N) is 1. The van der Waals surface area contributed by atoms with E-state index in [4.69, 9.17) is 10.5 Å². The third-order valence-electron chi connectivity index (χ3n) is 2.86. The van der Waals surface area contributed by atoms with E-state index in [2.05, 4.69) is 20.6 Å². The van der Waals surface area contributed by atoms with E-state index in [9.17, 15) is 4.79 Å². The maximum Gasteiger partial charge on any atom is 0.242 e. The summed E-state index contributed by atoms with van der Waals surface area (Å²) in [7, 11) is 0. The fraction of sp³-hybridized carbons (Fsp3) is 0.615. The summed E-state index contributed by atoms with van der Waals surface area (Å²) in [5.74, 6) is 0.679. The Labute approximate surface area is 118 Å². The van der Waals surface area contributed by atoms with Crippen LogP contribution in [0.2, 0.25) is 0 Å². The summed E-state index contributed by atoms with van der Waals surface area (Å²) in [5.41, 5.74) is 6.26. The third-order valence-corrected chi connectivity index (χ3v) is 2.86. The van der Waals surface area contributed by atoms with Crippen LogP contribution in [0.4, 0.5) is 11.5 Å². The topological polar surface area (TPSA) is 102 Å². The number of amides is 1. The first kappa shape index (κ1) is 14.4. The van der Waals surface area contributed by atoms with E-state index in [1.165, 1.54) is 6.33 Å². The van der Waals surface area contributed by atoms with Gasteiger partial charge in [-0.15, -0.1) is 0 Å². The highest BCUT2D eigenvalue weighted by Crippen LogP contribution is 2.26. The molecule has 0 radical (unpaired) electrons. The molecule has 1 aliphatic rings. The summed E-state index contributed by atoms with van der Waals surface area (Å²) in [6.07, 6.45) is 3.44. The van der Waals surface area contributed by atoms with Crippen LogP contribution in [0.25, 0.3) is 0 Å². The van der Waals surface area contributed by atoms with Crippen LogP contribution in [0.5, 0.6) is 5.88 Å². The molecule has 1 atom stereocenters. The normalized spacial score (nSPS) is 15.8. The van der Waals surface area contributed by atoms with Gasteiger partial charge < -0.3 is 21.1 Å². The molecule has 4 N–H and O–H groups in total. The zero-order chi connectivity index (χ0) is 14.7. The quantitative estimate of drug-likeness (QED) is 0.716. The molecular weight excluding hydrogens is 258 g/mol. The molecule has 1 unspecified atom stereocenters. The third kappa shape index (κ3) is 3.72. The van der Waals surface area contributed by atoms with Gasteiger partial charge >= 0.3 is 0 Å². The van der Waals surface area contributed by atoms with Crippen molar-refractivity contribution >= 4 is 17.4 Å². The van der Waals surface area contributed by atoms with Crippen molar-refractivity contribution < 1.29 is 9.53 Å². The van der Waals surface area contributed by atoms with Gasteiger partial charge in [-0.1, -0.05) is 0 Å². The lowest BCUT2D eigenvalue weighted by molar-refractivity contribution is -0.121. The van der Waals surface area contributed by atoms with Gasteiger partial charge in [0.05, 0.1) is 6.10 Å². The largest absolute Gasteiger partial charge is 0.473 e. The Balaban J connectivity index is 2.02. The number of carbonyl (C=O) groups is 1. The molecule has 7 nitrogen and oxygen atoms in total.